The topological polar surface area (TPSA) is 62.4 Å². The van der Waals surface area contributed by atoms with Gasteiger partial charge < -0.3 is 10.1 Å². The van der Waals surface area contributed by atoms with E-state index in [2.05, 4.69) is 16.2 Å². The lowest BCUT2D eigenvalue weighted by atomic mass is 9.74. The Hall–Kier alpha value is -1.50. The lowest BCUT2D eigenvalue weighted by Crippen LogP contribution is -2.44. The van der Waals surface area contributed by atoms with Crippen LogP contribution in [0.25, 0.3) is 0 Å². The fourth-order valence-electron chi connectivity index (χ4n) is 3.76. The first-order valence-corrected chi connectivity index (χ1v) is 9.24. The van der Waals surface area contributed by atoms with Crippen LogP contribution in [0.4, 0.5) is 4.39 Å². The van der Waals surface area contributed by atoms with Crippen molar-refractivity contribution in [3.8, 4) is 0 Å². The van der Waals surface area contributed by atoms with E-state index < -0.39 is 0 Å². The Bertz CT molecular complexity index is 570. The Balaban J connectivity index is 1.52. The van der Waals surface area contributed by atoms with Crippen LogP contribution in [-0.2, 0) is 14.9 Å². The summed E-state index contributed by atoms with van der Waals surface area (Å²) in [5.74, 6) is 0.469. The van der Waals surface area contributed by atoms with Crippen LogP contribution in [0.5, 0.6) is 0 Å². The first kappa shape index (κ1) is 18.3. The van der Waals surface area contributed by atoms with Gasteiger partial charge in [0.05, 0.1) is 0 Å². The highest BCUT2D eigenvalue weighted by molar-refractivity contribution is 5.76. The second-order valence-corrected chi connectivity index (χ2v) is 7.20. The highest BCUT2D eigenvalue weighted by atomic mass is 19.1. The Morgan fingerprint density at radius 3 is 2.76 bits per heavy atom. The molecule has 1 aromatic carbocycles. The van der Waals surface area contributed by atoms with E-state index in [0.717, 1.165) is 44.3 Å². The zero-order chi connectivity index (χ0) is 17.5. The molecule has 2 fully saturated rings. The van der Waals surface area contributed by atoms with Crippen LogP contribution in [0.15, 0.2) is 24.3 Å². The molecule has 2 saturated heterocycles. The molecule has 2 aliphatic rings. The number of halogens is 1. The first-order valence-electron chi connectivity index (χ1n) is 9.24. The van der Waals surface area contributed by atoms with Gasteiger partial charge in [0.2, 0.25) is 5.91 Å². The van der Waals surface area contributed by atoms with Gasteiger partial charge in [0.25, 0.3) is 0 Å². The predicted molar refractivity (Wildman–Crippen MR) is 94.5 cm³/mol. The standard InChI is InChI=1S/C19H28FN3O2/c20-17-5-2-4-16(11-17)19(7-9-25-10-8-19)14-21-18(24)6-1-3-15-12-22-23-13-15/h2,4-5,11,15,22-23H,1,3,6-10,12-14H2,(H,21,24). The lowest BCUT2D eigenvalue weighted by Gasteiger charge is -2.38. The van der Waals surface area contributed by atoms with Crippen molar-refractivity contribution in [1.29, 1.82) is 0 Å². The highest BCUT2D eigenvalue weighted by Crippen LogP contribution is 2.34. The maximum Gasteiger partial charge on any atom is 0.220 e. The average molecular weight is 349 g/mol. The summed E-state index contributed by atoms with van der Waals surface area (Å²) in [4.78, 5) is 12.3. The summed E-state index contributed by atoms with van der Waals surface area (Å²) < 4.78 is 19.2. The van der Waals surface area contributed by atoms with Gasteiger partial charge in [-0.25, -0.2) is 4.39 Å². The number of hydrogen-bond acceptors (Lipinski definition) is 4. The molecule has 138 valence electrons. The molecule has 3 rings (SSSR count). The summed E-state index contributed by atoms with van der Waals surface area (Å²) in [6.45, 7) is 3.79. The number of hydrazine groups is 1. The van der Waals surface area contributed by atoms with Crippen molar-refractivity contribution >= 4 is 5.91 Å². The zero-order valence-electron chi connectivity index (χ0n) is 14.7. The van der Waals surface area contributed by atoms with Crippen LogP contribution < -0.4 is 16.2 Å². The number of carbonyl (C=O) groups excluding carboxylic acids is 1. The average Bonchev–Trinajstić information content (AvgIpc) is 3.14. The molecule has 1 aromatic rings. The molecule has 0 bridgehead atoms. The third-order valence-electron chi connectivity index (χ3n) is 5.43. The summed E-state index contributed by atoms with van der Waals surface area (Å²) in [6, 6.07) is 6.76. The normalized spacial score (nSPS) is 20.5. The molecule has 1 amide bonds. The number of carbonyl (C=O) groups is 1. The van der Waals surface area contributed by atoms with Crippen LogP contribution >= 0.6 is 0 Å². The molecule has 3 N–H and O–H groups in total. The van der Waals surface area contributed by atoms with Crippen molar-refractivity contribution in [1.82, 2.24) is 16.2 Å². The molecule has 2 heterocycles. The van der Waals surface area contributed by atoms with E-state index in [1.165, 1.54) is 6.07 Å². The number of hydrogen-bond donors (Lipinski definition) is 3. The monoisotopic (exact) mass is 349 g/mol. The molecule has 0 radical (unpaired) electrons. The number of nitrogens with one attached hydrogen (secondary N) is 3. The largest absolute Gasteiger partial charge is 0.381 e. The number of ether oxygens (including phenoxy) is 1. The van der Waals surface area contributed by atoms with Crippen LogP contribution in [-0.4, -0.2) is 38.8 Å². The van der Waals surface area contributed by atoms with E-state index in [9.17, 15) is 9.18 Å². The Labute approximate surface area is 148 Å². The van der Waals surface area contributed by atoms with Gasteiger partial charge in [-0.15, -0.1) is 0 Å². The highest BCUT2D eigenvalue weighted by Gasteiger charge is 2.35. The third-order valence-corrected chi connectivity index (χ3v) is 5.43. The van der Waals surface area contributed by atoms with Crippen LogP contribution in [0.1, 0.15) is 37.7 Å². The maximum atomic E-state index is 13.7. The van der Waals surface area contributed by atoms with E-state index in [1.807, 2.05) is 6.07 Å². The fraction of sp³-hybridized carbons (Fsp3) is 0.632. The van der Waals surface area contributed by atoms with Crippen molar-refractivity contribution < 1.29 is 13.9 Å². The molecule has 2 aliphatic heterocycles. The van der Waals surface area contributed by atoms with Gasteiger partial charge in [0.15, 0.2) is 0 Å². The maximum absolute atomic E-state index is 13.7. The summed E-state index contributed by atoms with van der Waals surface area (Å²) >= 11 is 0. The van der Waals surface area contributed by atoms with Gasteiger partial charge in [0.1, 0.15) is 5.82 Å². The SMILES string of the molecule is O=C(CCCC1CNNC1)NCC1(c2cccc(F)c2)CCOCC1. The third kappa shape index (κ3) is 5.00. The van der Waals surface area contributed by atoms with Crippen molar-refractivity contribution in [2.45, 2.75) is 37.5 Å². The molecule has 0 spiro atoms. The Morgan fingerprint density at radius 2 is 2.04 bits per heavy atom. The van der Waals surface area contributed by atoms with E-state index >= 15 is 0 Å². The quantitative estimate of drug-likeness (QED) is 0.703. The zero-order valence-corrected chi connectivity index (χ0v) is 14.7. The molecule has 0 saturated carbocycles. The van der Waals surface area contributed by atoms with E-state index in [4.69, 9.17) is 4.74 Å². The van der Waals surface area contributed by atoms with E-state index in [1.54, 1.807) is 12.1 Å². The Kier molecular flexibility index (Phi) is 6.39. The van der Waals surface area contributed by atoms with Crippen LogP contribution in [0.2, 0.25) is 0 Å². The molecule has 0 atom stereocenters. The molecule has 6 heteroatoms. The van der Waals surface area contributed by atoms with Crippen LogP contribution in [0, 0.1) is 11.7 Å². The molecule has 0 aliphatic carbocycles. The van der Waals surface area contributed by atoms with Gasteiger partial charge in [-0.05, 0) is 49.3 Å². The minimum Gasteiger partial charge on any atom is -0.381 e. The summed E-state index contributed by atoms with van der Waals surface area (Å²) in [5.41, 5.74) is 6.96. The smallest absolute Gasteiger partial charge is 0.220 e. The van der Waals surface area contributed by atoms with E-state index in [-0.39, 0.29) is 17.1 Å². The second kappa shape index (κ2) is 8.74. The second-order valence-electron chi connectivity index (χ2n) is 7.20. The number of benzene rings is 1. The van der Waals surface area contributed by atoms with Crippen molar-refractivity contribution in [3.63, 3.8) is 0 Å². The van der Waals surface area contributed by atoms with Gasteiger partial charge in [-0.2, -0.15) is 0 Å². The van der Waals surface area contributed by atoms with Gasteiger partial charge in [-0.3, -0.25) is 15.6 Å². The minimum atomic E-state index is -0.228. The van der Waals surface area contributed by atoms with Crippen molar-refractivity contribution in [2.24, 2.45) is 5.92 Å². The van der Waals surface area contributed by atoms with Gasteiger partial charge in [0, 0.05) is 44.7 Å². The molecular weight excluding hydrogens is 321 g/mol. The van der Waals surface area contributed by atoms with Crippen LogP contribution in [0.3, 0.4) is 0 Å². The predicted octanol–water partition coefficient (Wildman–Crippen LogP) is 1.88. The molecule has 25 heavy (non-hydrogen) atoms. The molecule has 0 unspecified atom stereocenters. The minimum absolute atomic E-state index is 0.0844. The summed E-state index contributed by atoms with van der Waals surface area (Å²) in [6.07, 6.45) is 4.10. The summed E-state index contributed by atoms with van der Waals surface area (Å²) in [5, 5.41) is 3.09. The fourth-order valence-corrected chi connectivity index (χ4v) is 3.76. The lowest BCUT2D eigenvalue weighted by molar-refractivity contribution is -0.121. The molecule has 5 nitrogen and oxygen atoms in total. The Morgan fingerprint density at radius 1 is 1.28 bits per heavy atom. The van der Waals surface area contributed by atoms with Gasteiger partial charge >= 0.3 is 0 Å². The first-order chi connectivity index (χ1) is 12.2. The number of amides is 1. The van der Waals surface area contributed by atoms with Crippen molar-refractivity contribution in [2.75, 3.05) is 32.8 Å². The summed E-state index contributed by atoms with van der Waals surface area (Å²) in [7, 11) is 0. The molecular formula is C19H28FN3O2. The number of rotatable bonds is 7. The molecule has 0 aromatic heterocycles. The van der Waals surface area contributed by atoms with E-state index in [0.29, 0.717) is 32.1 Å². The van der Waals surface area contributed by atoms with Gasteiger partial charge in [-0.1, -0.05) is 12.1 Å². The van der Waals surface area contributed by atoms with Crippen molar-refractivity contribution in [3.05, 3.63) is 35.6 Å².